The van der Waals surface area contributed by atoms with Crippen LogP contribution in [0.25, 0.3) is 5.76 Å². The molecule has 3 aliphatic rings. The Morgan fingerprint density at radius 3 is 2.37 bits per heavy atom. The highest BCUT2D eigenvalue weighted by Crippen LogP contribution is 2.54. The summed E-state index contributed by atoms with van der Waals surface area (Å²) in [5.74, 6) is -6.60. The minimum Gasteiger partial charge on any atom is -0.508 e. The fraction of sp³-hybridized carbons (Fsp3) is 0.406. The van der Waals surface area contributed by atoms with Crippen molar-refractivity contribution in [2.45, 2.75) is 37.5 Å². The molecule has 1 amide bonds. The molecule has 5 rings (SSSR count). The van der Waals surface area contributed by atoms with Gasteiger partial charge in [-0.3, -0.25) is 19.3 Å². The van der Waals surface area contributed by atoms with E-state index in [9.17, 15) is 34.8 Å². The van der Waals surface area contributed by atoms with Crippen molar-refractivity contribution in [3.8, 4) is 5.75 Å². The number of carbonyl (C=O) groups is 3. The van der Waals surface area contributed by atoms with E-state index in [1.807, 2.05) is 55.4 Å². The van der Waals surface area contributed by atoms with E-state index in [1.165, 1.54) is 4.90 Å². The maximum atomic E-state index is 14.1. The summed E-state index contributed by atoms with van der Waals surface area (Å²) >= 11 is 0. The van der Waals surface area contributed by atoms with E-state index in [-0.39, 0.29) is 36.3 Å². The van der Waals surface area contributed by atoms with E-state index in [2.05, 4.69) is 5.32 Å². The fourth-order valence-electron chi connectivity index (χ4n) is 6.98. The van der Waals surface area contributed by atoms with Gasteiger partial charge in [-0.05, 0) is 63.0 Å². The highest BCUT2D eigenvalue weighted by atomic mass is 16.3. The number of primary amides is 1. The zero-order valence-electron chi connectivity index (χ0n) is 24.7. The molecule has 2 aromatic rings. The quantitative estimate of drug-likeness (QED) is 0.194. The van der Waals surface area contributed by atoms with Crippen molar-refractivity contribution in [2.24, 2.45) is 17.6 Å². The first kappa shape index (κ1) is 30.3. The smallest absolute Gasteiger partial charge is 0.255 e. The van der Waals surface area contributed by atoms with Crippen LogP contribution in [0.3, 0.4) is 0 Å². The number of nitrogens with one attached hydrogen (secondary N) is 1. The van der Waals surface area contributed by atoms with Gasteiger partial charge in [-0.15, -0.1) is 0 Å². The topological polar surface area (TPSA) is 177 Å². The van der Waals surface area contributed by atoms with Gasteiger partial charge in [0.1, 0.15) is 22.8 Å². The Labute approximate surface area is 249 Å². The number of benzene rings is 2. The second-order valence-electron chi connectivity index (χ2n) is 12.0. The number of hydrogen-bond acceptors (Lipinski definition) is 10. The highest BCUT2D eigenvalue weighted by Gasteiger charge is 2.64. The SMILES string of the molecule is CN(C)c1cc(CNCCc2ccccc2)c(O)c2c1C[C@H]1C[C@@H]3C(N(C)C)C(=O)C(C(N)=O)=C(O)[C@@]3(O)C(=O)C1=C2O. The fourth-order valence-corrected chi connectivity index (χ4v) is 6.98. The van der Waals surface area contributed by atoms with Crippen LogP contribution in [-0.4, -0.2) is 89.2 Å². The third-order valence-corrected chi connectivity index (χ3v) is 9.01. The van der Waals surface area contributed by atoms with Crippen LogP contribution in [0.4, 0.5) is 5.69 Å². The second-order valence-corrected chi connectivity index (χ2v) is 12.0. The number of aromatic hydroxyl groups is 1. The number of rotatable bonds is 8. The lowest BCUT2D eigenvalue weighted by Gasteiger charge is -2.50. The molecule has 43 heavy (non-hydrogen) atoms. The molecule has 3 aliphatic carbocycles. The summed E-state index contributed by atoms with van der Waals surface area (Å²) in [7, 11) is 6.84. The Hall–Kier alpha value is -4.19. The van der Waals surface area contributed by atoms with Gasteiger partial charge in [0.15, 0.2) is 11.4 Å². The first-order chi connectivity index (χ1) is 20.3. The van der Waals surface area contributed by atoms with Crippen LogP contribution in [0.15, 0.2) is 53.3 Å². The molecule has 0 heterocycles. The van der Waals surface area contributed by atoms with Gasteiger partial charge in [0, 0.05) is 43.4 Å². The number of fused-ring (bicyclic) bond motifs is 3. The lowest BCUT2D eigenvalue weighted by molar-refractivity contribution is -0.153. The van der Waals surface area contributed by atoms with E-state index < -0.39 is 58.0 Å². The number of hydrogen-bond donors (Lipinski definition) is 6. The number of ketones is 2. The Morgan fingerprint density at radius 2 is 1.77 bits per heavy atom. The third kappa shape index (κ3) is 4.77. The maximum Gasteiger partial charge on any atom is 0.255 e. The number of likely N-dealkylation sites (N-methyl/N-ethyl adjacent to an activating group) is 1. The maximum absolute atomic E-state index is 14.1. The van der Waals surface area contributed by atoms with Crippen LogP contribution in [0.2, 0.25) is 0 Å². The lowest BCUT2D eigenvalue weighted by Crippen LogP contribution is -2.65. The van der Waals surface area contributed by atoms with Crippen LogP contribution in [-0.2, 0) is 33.8 Å². The zero-order valence-corrected chi connectivity index (χ0v) is 24.7. The van der Waals surface area contributed by atoms with Gasteiger partial charge in [0.05, 0.1) is 11.6 Å². The van der Waals surface area contributed by atoms with E-state index >= 15 is 0 Å². The van der Waals surface area contributed by atoms with Crippen molar-refractivity contribution in [1.29, 1.82) is 0 Å². The monoisotopic (exact) mass is 590 g/mol. The van der Waals surface area contributed by atoms with Crippen LogP contribution in [0.1, 0.15) is 28.7 Å². The highest BCUT2D eigenvalue weighted by molar-refractivity contribution is 6.24. The van der Waals surface area contributed by atoms with E-state index in [1.54, 1.807) is 14.1 Å². The molecule has 2 aromatic carbocycles. The number of aliphatic hydroxyl groups excluding tert-OH is 2. The summed E-state index contributed by atoms with van der Waals surface area (Å²) in [4.78, 5) is 42.9. The van der Waals surface area contributed by atoms with Gasteiger partial charge in [0.25, 0.3) is 5.91 Å². The number of nitrogens with zero attached hydrogens (tertiary/aromatic N) is 2. The molecule has 0 aliphatic heterocycles. The molecule has 7 N–H and O–H groups in total. The van der Waals surface area contributed by atoms with E-state index in [0.717, 1.165) is 17.7 Å². The molecule has 0 radical (unpaired) electrons. The summed E-state index contributed by atoms with van der Waals surface area (Å²) in [6.07, 6.45) is 1.05. The minimum atomic E-state index is -2.67. The molecule has 11 nitrogen and oxygen atoms in total. The summed E-state index contributed by atoms with van der Waals surface area (Å²) in [5, 5.41) is 49.2. The average molecular weight is 591 g/mol. The normalized spacial score (nSPS) is 25.0. The summed E-state index contributed by atoms with van der Waals surface area (Å²) in [6, 6.07) is 10.7. The Bertz CT molecular complexity index is 1560. The van der Waals surface area contributed by atoms with Crippen LogP contribution in [0.5, 0.6) is 5.75 Å². The molecule has 11 heteroatoms. The van der Waals surface area contributed by atoms with Crippen molar-refractivity contribution >= 4 is 28.9 Å². The van der Waals surface area contributed by atoms with Crippen molar-refractivity contribution in [3.63, 3.8) is 0 Å². The molecular formula is C32H38N4O7. The number of carbonyl (C=O) groups excluding carboxylic acids is 3. The van der Waals surface area contributed by atoms with Gasteiger partial charge >= 0.3 is 0 Å². The minimum absolute atomic E-state index is 0.0438. The number of phenolic OH excluding ortho intramolecular Hbond substituents is 1. The van der Waals surface area contributed by atoms with Gasteiger partial charge in [-0.2, -0.15) is 0 Å². The number of Topliss-reactive ketones (excluding diaryl/α,β-unsaturated/α-hetero) is 2. The predicted molar refractivity (Wildman–Crippen MR) is 160 cm³/mol. The Balaban J connectivity index is 1.58. The van der Waals surface area contributed by atoms with Crippen molar-refractivity contribution in [1.82, 2.24) is 10.2 Å². The molecule has 0 saturated heterocycles. The van der Waals surface area contributed by atoms with Crippen molar-refractivity contribution in [3.05, 3.63) is 75.6 Å². The van der Waals surface area contributed by atoms with Crippen molar-refractivity contribution in [2.75, 3.05) is 39.6 Å². The Kier molecular flexibility index (Phi) is 7.84. The van der Waals surface area contributed by atoms with E-state index in [0.29, 0.717) is 17.7 Å². The molecular weight excluding hydrogens is 552 g/mol. The second kappa shape index (κ2) is 11.1. The summed E-state index contributed by atoms with van der Waals surface area (Å²) in [5.41, 5.74) is 4.87. The molecule has 228 valence electrons. The summed E-state index contributed by atoms with van der Waals surface area (Å²) in [6.45, 7) is 0.927. The molecule has 0 aromatic heterocycles. The first-order valence-electron chi connectivity index (χ1n) is 14.2. The predicted octanol–water partition coefficient (Wildman–Crippen LogP) is 1.36. The third-order valence-electron chi connectivity index (χ3n) is 9.01. The number of aliphatic hydroxyl groups is 3. The number of phenols is 1. The Morgan fingerprint density at radius 1 is 1.09 bits per heavy atom. The number of amides is 1. The molecule has 4 atom stereocenters. The number of nitrogens with two attached hydrogens (primary N) is 1. The standard InChI is InChI=1S/C32H38N4O7/c1-35(2)21-14-18(15-34-11-10-16-8-6-5-7-9-16)26(37)23-19(21)12-17-13-20-25(36(3)4)28(39)24(31(33)42)30(41)32(20,43)29(40)22(17)27(23)38/h5-9,14,17,20,25,34,37-38,41,43H,10-13,15H2,1-4H3,(H2,33,42)/t17-,20+,25?,32-/m0/s1. The molecule has 0 spiro atoms. The molecule has 1 fully saturated rings. The summed E-state index contributed by atoms with van der Waals surface area (Å²) < 4.78 is 0. The van der Waals surface area contributed by atoms with E-state index in [4.69, 9.17) is 5.73 Å². The van der Waals surface area contributed by atoms with Crippen molar-refractivity contribution < 1.29 is 34.8 Å². The molecule has 0 bridgehead atoms. The van der Waals surface area contributed by atoms with Gasteiger partial charge in [-0.1, -0.05) is 30.3 Å². The molecule has 1 saturated carbocycles. The first-order valence-corrected chi connectivity index (χ1v) is 14.2. The van der Waals surface area contributed by atoms with Gasteiger partial charge in [0.2, 0.25) is 5.78 Å². The van der Waals surface area contributed by atoms with Gasteiger partial charge in [-0.25, -0.2) is 0 Å². The van der Waals surface area contributed by atoms with Crippen LogP contribution < -0.4 is 16.0 Å². The average Bonchev–Trinajstić information content (AvgIpc) is 2.94. The molecule has 1 unspecified atom stereocenters. The zero-order chi connectivity index (χ0) is 31.4. The van der Waals surface area contributed by atoms with Crippen LogP contribution >= 0.6 is 0 Å². The largest absolute Gasteiger partial charge is 0.508 e. The lowest BCUT2D eigenvalue weighted by atomic mass is 9.57. The van der Waals surface area contributed by atoms with Gasteiger partial charge < -0.3 is 36.4 Å². The van der Waals surface area contributed by atoms with Crippen LogP contribution in [0, 0.1) is 11.8 Å². The number of anilines is 1.